The van der Waals surface area contributed by atoms with E-state index in [9.17, 15) is 18.4 Å². The molecule has 2 aromatic carbocycles. The van der Waals surface area contributed by atoms with Gasteiger partial charge in [-0.3, -0.25) is 4.79 Å². The van der Waals surface area contributed by atoms with E-state index in [2.05, 4.69) is 4.74 Å². The Kier molecular flexibility index (Phi) is 3.82. The second kappa shape index (κ2) is 5.79. The van der Waals surface area contributed by atoms with Crippen LogP contribution in [0.3, 0.4) is 0 Å². The molecule has 0 spiro atoms. The molecule has 1 aliphatic rings. The van der Waals surface area contributed by atoms with Gasteiger partial charge >= 0.3 is 5.97 Å². The van der Waals surface area contributed by atoms with Gasteiger partial charge in [0.25, 0.3) is 5.91 Å². The van der Waals surface area contributed by atoms with E-state index in [1.54, 1.807) is 18.2 Å². The maximum absolute atomic E-state index is 13.3. The van der Waals surface area contributed by atoms with Crippen LogP contribution in [0.1, 0.15) is 26.3 Å². The highest BCUT2D eigenvalue weighted by Gasteiger charge is 2.27. The number of rotatable bonds is 2. The third kappa shape index (κ3) is 2.67. The SMILES string of the molecule is COC(=O)c1ccc2c(c1)CCN2C(=O)c1ccc(F)c(F)c1. The molecule has 0 fully saturated rings. The van der Waals surface area contributed by atoms with Gasteiger partial charge in [0.2, 0.25) is 0 Å². The van der Waals surface area contributed by atoms with Crippen LogP contribution >= 0.6 is 0 Å². The van der Waals surface area contributed by atoms with Crippen LogP contribution in [-0.2, 0) is 11.2 Å². The first kappa shape index (κ1) is 15.1. The number of hydrogen-bond acceptors (Lipinski definition) is 3. The molecule has 0 aliphatic carbocycles. The molecule has 4 nitrogen and oxygen atoms in total. The molecule has 3 rings (SSSR count). The quantitative estimate of drug-likeness (QED) is 0.800. The first-order chi connectivity index (χ1) is 11.0. The van der Waals surface area contributed by atoms with E-state index in [0.717, 1.165) is 17.7 Å². The fourth-order valence-electron chi connectivity index (χ4n) is 2.64. The highest BCUT2D eigenvalue weighted by molar-refractivity contribution is 6.07. The van der Waals surface area contributed by atoms with E-state index in [-0.39, 0.29) is 5.56 Å². The van der Waals surface area contributed by atoms with Crippen molar-refractivity contribution in [1.82, 2.24) is 0 Å². The van der Waals surface area contributed by atoms with Gasteiger partial charge in [-0.25, -0.2) is 13.6 Å². The van der Waals surface area contributed by atoms with Crippen LogP contribution in [0.2, 0.25) is 0 Å². The lowest BCUT2D eigenvalue weighted by molar-refractivity contribution is 0.0600. The number of carbonyl (C=O) groups excluding carboxylic acids is 2. The smallest absolute Gasteiger partial charge is 0.337 e. The lowest BCUT2D eigenvalue weighted by atomic mass is 10.1. The molecule has 0 aromatic heterocycles. The van der Waals surface area contributed by atoms with Gasteiger partial charge < -0.3 is 9.64 Å². The van der Waals surface area contributed by atoms with Crippen LogP contribution in [0, 0.1) is 11.6 Å². The predicted octanol–water partition coefficient (Wildman–Crippen LogP) is 2.95. The lowest BCUT2D eigenvalue weighted by Crippen LogP contribution is -2.29. The van der Waals surface area contributed by atoms with Crippen molar-refractivity contribution >= 4 is 17.6 Å². The summed E-state index contributed by atoms with van der Waals surface area (Å²) in [5.74, 6) is -2.91. The summed E-state index contributed by atoms with van der Waals surface area (Å²) >= 11 is 0. The molecule has 2 aromatic rings. The van der Waals surface area contributed by atoms with Gasteiger partial charge in [0.15, 0.2) is 11.6 Å². The average molecular weight is 317 g/mol. The van der Waals surface area contributed by atoms with Crippen LogP contribution in [0.25, 0.3) is 0 Å². The molecule has 0 N–H and O–H groups in total. The second-order valence-corrected chi connectivity index (χ2v) is 5.17. The Labute approximate surface area is 131 Å². The number of carbonyl (C=O) groups is 2. The standard InChI is InChI=1S/C17H13F2NO3/c1-23-17(22)12-3-5-15-10(8-12)6-7-20(15)16(21)11-2-4-13(18)14(19)9-11/h2-5,8-9H,6-7H2,1H3. The summed E-state index contributed by atoms with van der Waals surface area (Å²) < 4.78 is 31.0. The van der Waals surface area contributed by atoms with Crippen LogP contribution in [0.5, 0.6) is 0 Å². The summed E-state index contributed by atoms with van der Waals surface area (Å²) in [6, 6.07) is 7.98. The fraction of sp³-hybridized carbons (Fsp3) is 0.176. The zero-order valence-corrected chi connectivity index (χ0v) is 12.3. The van der Waals surface area contributed by atoms with E-state index in [1.807, 2.05) is 0 Å². The van der Waals surface area contributed by atoms with Crippen molar-refractivity contribution in [2.24, 2.45) is 0 Å². The Morgan fingerprint density at radius 1 is 1.04 bits per heavy atom. The number of benzene rings is 2. The highest BCUT2D eigenvalue weighted by atomic mass is 19.2. The summed E-state index contributed by atoms with van der Waals surface area (Å²) in [7, 11) is 1.30. The first-order valence-corrected chi connectivity index (χ1v) is 6.99. The molecular formula is C17H13F2NO3. The van der Waals surface area contributed by atoms with E-state index in [1.165, 1.54) is 18.1 Å². The Morgan fingerprint density at radius 2 is 1.78 bits per heavy atom. The fourth-order valence-corrected chi connectivity index (χ4v) is 2.64. The van der Waals surface area contributed by atoms with Gasteiger partial charge in [0.1, 0.15) is 0 Å². The highest BCUT2D eigenvalue weighted by Crippen LogP contribution is 2.30. The zero-order chi connectivity index (χ0) is 16.6. The van der Waals surface area contributed by atoms with Crippen molar-refractivity contribution in [2.75, 3.05) is 18.6 Å². The Hall–Kier alpha value is -2.76. The maximum Gasteiger partial charge on any atom is 0.337 e. The van der Waals surface area contributed by atoms with E-state index >= 15 is 0 Å². The molecule has 0 atom stereocenters. The number of nitrogens with zero attached hydrogens (tertiary/aromatic N) is 1. The maximum atomic E-state index is 13.3. The van der Waals surface area contributed by atoms with E-state index < -0.39 is 23.5 Å². The molecule has 1 amide bonds. The molecule has 0 saturated carbocycles. The number of esters is 1. The summed E-state index contributed by atoms with van der Waals surface area (Å²) in [5.41, 5.74) is 1.98. The monoisotopic (exact) mass is 317 g/mol. The van der Waals surface area contributed by atoms with Crippen molar-refractivity contribution in [3.05, 3.63) is 64.7 Å². The van der Waals surface area contributed by atoms with Crippen molar-refractivity contribution in [2.45, 2.75) is 6.42 Å². The Bertz CT molecular complexity index is 804. The number of fused-ring (bicyclic) bond motifs is 1. The molecule has 118 valence electrons. The van der Waals surface area contributed by atoms with Crippen molar-refractivity contribution < 1.29 is 23.1 Å². The topological polar surface area (TPSA) is 46.6 Å². The van der Waals surface area contributed by atoms with E-state index in [0.29, 0.717) is 24.2 Å². The summed E-state index contributed by atoms with van der Waals surface area (Å²) in [5, 5.41) is 0. The second-order valence-electron chi connectivity index (χ2n) is 5.17. The summed E-state index contributed by atoms with van der Waals surface area (Å²) in [6.45, 7) is 0.414. The zero-order valence-electron chi connectivity index (χ0n) is 12.3. The molecule has 6 heteroatoms. The van der Waals surface area contributed by atoms with Gasteiger partial charge in [-0.05, 0) is 48.4 Å². The third-order valence-corrected chi connectivity index (χ3v) is 3.81. The van der Waals surface area contributed by atoms with Crippen molar-refractivity contribution in [3.8, 4) is 0 Å². The van der Waals surface area contributed by atoms with Gasteiger partial charge in [-0.2, -0.15) is 0 Å². The minimum atomic E-state index is -1.06. The van der Waals surface area contributed by atoms with Gasteiger partial charge in [-0.15, -0.1) is 0 Å². The molecule has 0 radical (unpaired) electrons. The number of amides is 1. The summed E-state index contributed by atoms with van der Waals surface area (Å²) in [4.78, 5) is 25.5. The van der Waals surface area contributed by atoms with Crippen LogP contribution in [0.15, 0.2) is 36.4 Å². The minimum Gasteiger partial charge on any atom is -0.465 e. The molecule has 1 aliphatic heterocycles. The minimum absolute atomic E-state index is 0.0776. The van der Waals surface area contributed by atoms with Crippen LogP contribution in [-0.4, -0.2) is 25.5 Å². The van der Waals surface area contributed by atoms with E-state index in [4.69, 9.17) is 0 Å². The van der Waals surface area contributed by atoms with Gasteiger partial charge in [-0.1, -0.05) is 0 Å². The number of hydrogen-bond donors (Lipinski definition) is 0. The van der Waals surface area contributed by atoms with Crippen LogP contribution in [0.4, 0.5) is 14.5 Å². The molecular weight excluding hydrogens is 304 g/mol. The predicted molar refractivity (Wildman–Crippen MR) is 79.5 cm³/mol. The number of methoxy groups -OCH3 is 1. The van der Waals surface area contributed by atoms with Crippen molar-refractivity contribution in [1.29, 1.82) is 0 Å². The summed E-state index contributed by atoms with van der Waals surface area (Å²) in [6.07, 6.45) is 0.579. The Morgan fingerprint density at radius 3 is 2.48 bits per heavy atom. The number of halogens is 2. The first-order valence-electron chi connectivity index (χ1n) is 6.99. The average Bonchev–Trinajstić information content (AvgIpc) is 2.99. The van der Waals surface area contributed by atoms with Gasteiger partial charge in [0.05, 0.1) is 12.7 Å². The number of ether oxygens (including phenoxy) is 1. The molecule has 0 saturated heterocycles. The van der Waals surface area contributed by atoms with Crippen LogP contribution < -0.4 is 4.90 Å². The third-order valence-electron chi connectivity index (χ3n) is 3.81. The number of anilines is 1. The lowest BCUT2D eigenvalue weighted by Gasteiger charge is -2.17. The van der Waals surface area contributed by atoms with Gasteiger partial charge in [0, 0.05) is 17.8 Å². The Balaban J connectivity index is 1.91. The largest absolute Gasteiger partial charge is 0.465 e. The molecule has 1 heterocycles. The molecule has 23 heavy (non-hydrogen) atoms. The molecule has 0 unspecified atom stereocenters. The van der Waals surface area contributed by atoms with Crippen molar-refractivity contribution in [3.63, 3.8) is 0 Å². The normalized spacial score (nSPS) is 12.9. The molecule has 0 bridgehead atoms.